The number of benzene rings is 1. The number of rotatable bonds is 6. The van der Waals surface area contributed by atoms with Crippen molar-refractivity contribution in [3.05, 3.63) is 70.7 Å². The van der Waals surface area contributed by atoms with E-state index in [4.69, 9.17) is 4.74 Å². The highest BCUT2D eigenvalue weighted by Crippen LogP contribution is 2.08. The number of hydrogen-bond acceptors (Lipinski definition) is 5. The fourth-order valence-electron chi connectivity index (χ4n) is 2.33. The Morgan fingerprint density at radius 2 is 2.04 bits per heavy atom. The molecule has 1 atom stereocenters. The number of ether oxygens (including phenoxy) is 1. The van der Waals surface area contributed by atoms with Gasteiger partial charge in [0.05, 0.1) is 31.2 Å². The Labute approximate surface area is 137 Å². The Morgan fingerprint density at radius 1 is 1.21 bits per heavy atom. The SMILES string of the molecule is O=c1c2cccnc2ncn1C[C@@H](O)COCc1ccccc1F. The molecule has 0 radical (unpaired) electrons. The summed E-state index contributed by atoms with van der Waals surface area (Å²) in [5.74, 6) is -0.352. The lowest BCUT2D eigenvalue weighted by atomic mass is 10.2. The van der Waals surface area contributed by atoms with Crippen LogP contribution in [0.1, 0.15) is 5.56 Å². The lowest BCUT2D eigenvalue weighted by Gasteiger charge is -2.13. The lowest BCUT2D eigenvalue weighted by Crippen LogP contribution is -2.29. The molecule has 0 aliphatic rings. The number of aliphatic hydroxyl groups excluding tert-OH is 1. The van der Waals surface area contributed by atoms with Gasteiger partial charge in [-0.2, -0.15) is 0 Å². The summed E-state index contributed by atoms with van der Waals surface area (Å²) < 4.78 is 20.1. The van der Waals surface area contributed by atoms with Gasteiger partial charge in [-0.15, -0.1) is 0 Å². The molecule has 0 aliphatic carbocycles. The van der Waals surface area contributed by atoms with E-state index in [1.54, 1.807) is 36.5 Å². The van der Waals surface area contributed by atoms with Crippen LogP contribution in [0.4, 0.5) is 4.39 Å². The largest absolute Gasteiger partial charge is 0.389 e. The van der Waals surface area contributed by atoms with E-state index >= 15 is 0 Å². The maximum Gasteiger partial charge on any atom is 0.262 e. The van der Waals surface area contributed by atoms with Crippen LogP contribution in [0.2, 0.25) is 0 Å². The van der Waals surface area contributed by atoms with E-state index in [2.05, 4.69) is 9.97 Å². The van der Waals surface area contributed by atoms with Crippen LogP contribution in [0, 0.1) is 5.82 Å². The predicted octanol–water partition coefficient (Wildman–Crippen LogP) is 1.51. The predicted molar refractivity (Wildman–Crippen MR) is 85.9 cm³/mol. The van der Waals surface area contributed by atoms with Crippen LogP contribution in [0.3, 0.4) is 0 Å². The number of aliphatic hydroxyl groups is 1. The van der Waals surface area contributed by atoms with Crippen LogP contribution < -0.4 is 5.56 Å². The average Bonchev–Trinajstić information content (AvgIpc) is 2.59. The molecule has 1 N–H and O–H groups in total. The van der Waals surface area contributed by atoms with Gasteiger partial charge in [-0.3, -0.25) is 9.36 Å². The maximum atomic E-state index is 13.5. The van der Waals surface area contributed by atoms with E-state index in [0.29, 0.717) is 16.6 Å². The van der Waals surface area contributed by atoms with Crippen molar-refractivity contribution in [1.29, 1.82) is 0 Å². The Morgan fingerprint density at radius 3 is 2.88 bits per heavy atom. The molecule has 0 amide bonds. The van der Waals surface area contributed by atoms with Gasteiger partial charge < -0.3 is 9.84 Å². The number of fused-ring (bicyclic) bond motifs is 1. The molecule has 3 rings (SSSR count). The average molecular weight is 329 g/mol. The van der Waals surface area contributed by atoms with Gasteiger partial charge >= 0.3 is 0 Å². The Kier molecular flexibility index (Phi) is 4.93. The molecule has 2 aromatic heterocycles. The highest BCUT2D eigenvalue weighted by molar-refractivity contribution is 5.72. The van der Waals surface area contributed by atoms with Gasteiger partial charge in [-0.25, -0.2) is 14.4 Å². The first-order chi connectivity index (χ1) is 11.6. The lowest BCUT2D eigenvalue weighted by molar-refractivity contribution is 0.0189. The highest BCUT2D eigenvalue weighted by atomic mass is 19.1. The standard InChI is InChI=1S/C17H16FN3O3/c18-15-6-2-1-4-12(15)9-24-10-13(22)8-21-11-20-16-14(17(21)23)5-3-7-19-16/h1-7,11,13,22H,8-10H2/t13-/m1/s1. The Balaban J connectivity index is 1.61. The van der Waals surface area contributed by atoms with Crippen molar-refractivity contribution >= 4 is 11.0 Å². The molecule has 0 bridgehead atoms. The van der Waals surface area contributed by atoms with Crippen LogP contribution >= 0.6 is 0 Å². The van der Waals surface area contributed by atoms with Gasteiger partial charge in [-0.1, -0.05) is 18.2 Å². The molecular weight excluding hydrogens is 313 g/mol. The summed E-state index contributed by atoms with van der Waals surface area (Å²) in [5, 5.41) is 10.4. The molecule has 0 fully saturated rings. The fourth-order valence-corrected chi connectivity index (χ4v) is 2.33. The number of hydrogen-bond donors (Lipinski definition) is 1. The molecule has 1 aromatic carbocycles. The minimum absolute atomic E-state index is 0.0220. The summed E-state index contributed by atoms with van der Waals surface area (Å²) in [6, 6.07) is 9.57. The van der Waals surface area contributed by atoms with Crippen LogP contribution in [-0.4, -0.2) is 32.4 Å². The third kappa shape index (κ3) is 3.64. The van der Waals surface area contributed by atoms with E-state index in [0.717, 1.165) is 0 Å². The first kappa shape index (κ1) is 16.2. The fraction of sp³-hybridized carbons (Fsp3) is 0.235. The maximum absolute atomic E-state index is 13.5. The molecule has 0 saturated heterocycles. The van der Waals surface area contributed by atoms with E-state index in [-0.39, 0.29) is 31.1 Å². The highest BCUT2D eigenvalue weighted by Gasteiger charge is 2.10. The second-order valence-electron chi connectivity index (χ2n) is 5.34. The zero-order chi connectivity index (χ0) is 16.9. The molecule has 3 aromatic rings. The molecule has 0 unspecified atom stereocenters. The van der Waals surface area contributed by atoms with Crippen molar-refractivity contribution in [2.24, 2.45) is 0 Å². The molecule has 6 nitrogen and oxygen atoms in total. The van der Waals surface area contributed by atoms with E-state index in [9.17, 15) is 14.3 Å². The summed E-state index contributed by atoms with van der Waals surface area (Å²) in [6.45, 7) is 0.0678. The smallest absolute Gasteiger partial charge is 0.262 e. The van der Waals surface area contributed by atoms with Crippen LogP contribution in [0.25, 0.3) is 11.0 Å². The summed E-state index contributed by atoms with van der Waals surface area (Å²) in [6.07, 6.45) is 1.99. The van der Waals surface area contributed by atoms with Gasteiger partial charge in [0, 0.05) is 11.8 Å². The van der Waals surface area contributed by atoms with Gasteiger partial charge in [0.2, 0.25) is 0 Å². The second-order valence-corrected chi connectivity index (χ2v) is 5.34. The Bertz CT molecular complexity index is 897. The minimum atomic E-state index is -0.912. The van der Waals surface area contributed by atoms with Crippen molar-refractivity contribution < 1.29 is 14.2 Å². The molecule has 124 valence electrons. The summed E-state index contributed by atoms with van der Waals surface area (Å²) in [7, 11) is 0. The van der Waals surface area contributed by atoms with Crippen molar-refractivity contribution in [3.8, 4) is 0 Å². The Hall–Kier alpha value is -2.64. The molecular formula is C17H16FN3O3. The van der Waals surface area contributed by atoms with Gasteiger partial charge in [-0.05, 0) is 18.2 Å². The summed E-state index contributed by atoms with van der Waals surface area (Å²) >= 11 is 0. The molecule has 0 spiro atoms. The normalized spacial score (nSPS) is 12.4. The molecule has 7 heteroatoms. The van der Waals surface area contributed by atoms with E-state index in [1.807, 2.05) is 0 Å². The van der Waals surface area contributed by atoms with Gasteiger partial charge in [0.1, 0.15) is 12.1 Å². The van der Waals surface area contributed by atoms with Crippen LogP contribution in [-0.2, 0) is 17.9 Å². The molecule has 0 saturated carbocycles. The van der Waals surface area contributed by atoms with Crippen LogP contribution in [0.15, 0.2) is 53.7 Å². The van der Waals surface area contributed by atoms with E-state index < -0.39 is 6.10 Å². The van der Waals surface area contributed by atoms with Crippen molar-refractivity contribution in [3.63, 3.8) is 0 Å². The number of aromatic nitrogens is 3. The second kappa shape index (κ2) is 7.29. The number of pyridine rings is 1. The zero-order valence-electron chi connectivity index (χ0n) is 12.8. The molecule has 24 heavy (non-hydrogen) atoms. The quantitative estimate of drug-likeness (QED) is 0.742. The van der Waals surface area contributed by atoms with Gasteiger partial charge in [0.15, 0.2) is 5.65 Å². The number of nitrogens with zero attached hydrogens (tertiary/aromatic N) is 3. The van der Waals surface area contributed by atoms with E-state index in [1.165, 1.54) is 17.0 Å². The molecule has 2 heterocycles. The monoisotopic (exact) mass is 329 g/mol. The first-order valence-electron chi connectivity index (χ1n) is 7.44. The summed E-state index contributed by atoms with van der Waals surface area (Å²) in [4.78, 5) is 20.4. The third-order valence-electron chi connectivity index (χ3n) is 3.53. The minimum Gasteiger partial charge on any atom is -0.389 e. The van der Waals surface area contributed by atoms with Crippen molar-refractivity contribution in [2.75, 3.05) is 6.61 Å². The number of halogens is 1. The zero-order valence-corrected chi connectivity index (χ0v) is 12.8. The first-order valence-corrected chi connectivity index (χ1v) is 7.44. The third-order valence-corrected chi connectivity index (χ3v) is 3.53. The van der Waals surface area contributed by atoms with Crippen molar-refractivity contribution in [2.45, 2.75) is 19.3 Å². The summed E-state index contributed by atoms with van der Waals surface area (Å²) in [5.41, 5.74) is 0.505. The van der Waals surface area contributed by atoms with Gasteiger partial charge in [0.25, 0.3) is 5.56 Å². The van der Waals surface area contributed by atoms with Crippen molar-refractivity contribution in [1.82, 2.24) is 14.5 Å². The molecule has 0 aliphatic heterocycles. The topological polar surface area (TPSA) is 77.2 Å². The van der Waals surface area contributed by atoms with Crippen LogP contribution in [0.5, 0.6) is 0 Å².